The highest BCUT2D eigenvalue weighted by Crippen LogP contribution is 2.36. The molecule has 1 aliphatic heterocycles. The van der Waals surface area contributed by atoms with Crippen LogP contribution in [0.4, 0.5) is 16.6 Å². The third kappa shape index (κ3) is 8.25. The molecule has 0 radical (unpaired) electrons. The number of hydrogen-bond acceptors (Lipinski definition) is 8. The molecule has 6 rings (SSSR count). The van der Waals surface area contributed by atoms with E-state index < -0.39 is 0 Å². The first-order valence-electron chi connectivity index (χ1n) is 12.3. The van der Waals surface area contributed by atoms with Gasteiger partial charge in [-0.3, -0.25) is 4.98 Å². The number of halogens is 5. The first-order valence-corrected chi connectivity index (χ1v) is 13.5. The summed E-state index contributed by atoms with van der Waals surface area (Å²) < 4.78 is 5.85. The molecule has 2 aromatic carbocycles. The zero-order valence-electron chi connectivity index (χ0n) is 21.7. The summed E-state index contributed by atoms with van der Waals surface area (Å²) in [7, 11) is 0. The van der Waals surface area contributed by atoms with Crippen LogP contribution in [-0.2, 0) is 6.61 Å². The van der Waals surface area contributed by atoms with Crippen LogP contribution < -0.4 is 15.0 Å². The Morgan fingerprint density at radius 3 is 2.46 bits per heavy atom. The van der Waals surface area contributed by atoms with E-state index in [1.54, 1.807) is 23.9 Å². The molecular weight excluding hydrogens is 646 g/mol. The summed E-state index contributed by atoms with van der Waals surface area (Å²) in [5, 5.41) is 5.93. The molecule has 3 aromatic heterocycles. The first kappa shape index (κ1) is 34.6. The van der Waals surface area contributed by atoms with Gasteiger partial charge in [0.05, 0.1) is 21.1 Å². The maximum atomic E-state index is 6.52. The van der Waals surface area contributed by atoms with Gasteiger partial charge in [0.2, 0.25) is 0 Å². The predicted molar refractivity (Wildman–Crippen MR) is 179 cm³/mol. The number of rotatable bonds is 7. The summed E-state index contributed by atoms with van der Waals surface area (Å²) in [6.07, 6.45) is 9.06. The molecular formula is C28H29Cl5N6OS. The largest absolute Gasteiger partial charge is 0.486 e. The Labute approximate surface area is 272 Å². The third-order valence-corrected chi connectivity index (χ3v) is 7.74. The normalized spacial score (nSPS) is 12.3. The van der Waals surface area contributed by atoms with E-state index in [9.17, 15) is 0 Å². The summed E-state index contributed by atoms with van der Waals surface area (Å²) in [5.74, 6) is 1.31. The van der Waals surface area contributed by atoms with E-state index in [0.717, 1.165) is 50.9 Å². The van der Waals surface area contributed by atoms with Crippen molar-refractivity contribution in [2.24, 2.45) is 0 Å². The first-order chi connectivity index (χ1) is 18.2. The molecule has 1 aliphatic rings. The molecule has 218 valence electrons. The van der Waals surface area contributed by atoms with Crippen molar-refractivity contribution in [3.05, 3.63) is 84.0 Å². The molecule has 13 heteroatoms. The van der Waals surface area contributed by atoms with Crippen molar-refractivity contribution in [1.82, 2.24) is 19.9 Å². The molecule has 1 saturated heterocycles. The number of fused-ring (bicyclic) bond motifs is 1. The van der Waals surface area contributed by atoms with Crippen molar-refractivity contribution in [2.75, 3.05) is 23.3 Å². The molecule has 0 aliphatic carbocycles. The number of benzene rings is 2. The van der Waals surface area contributed by atoms with Gasteiger partial charge in [-0.1, -0.05) is 35.1 Å². The zero-order chi connectivity index (χ0) is 25.0. The Morgan fingerprint density at radius 1 is 0.878 bits per heavy atom. The average molecular weight is 675 g/mol. The van der Waals surface area contributed by atoms with E-state index >= 15 is 0 Å². The van der Waals surface area contributed by atoms with E-state index in [1.807, 2.05) is 48.7 Å². The number of ether oxygens (including phenoxy) is 1. The molecule has 0 unspecified atom stereocenters. The van der Waals surface area contributed by atoms with Gasteiger partial charge in [0.15, 0.2) is 5.13 Å². The number of hydrogen-bond donors (Lipinski definition) is 1. The van der Waals surface area contributed by atoms with Crippen LogP contribution >= 0.6 is 72.6 Å². The molecule has 0 amide bonds. The van der Waals surface area contributed by atoms with Gasteiger partial charge in [-0.2, -0.15) is 0 Å². The topological polar surface area (TPSA) is 76.1 Å². The second-order valence-corrected chi connectivity index (χ2v) is 10.3. The van der Waals surface area contributed by atoms with E-state index in [1.165, 1.54) is 19.3 Å². The van der Waals surface area contributed by atoms with Gasteiger partial charge in [-0.25, -0.2) is 15.0 Å². The number of piperidine rings is 1. The predicted octanol–water partition coefficient (Wildman–Crippen LogP) is 8.80. The van der Waals surface area contributed by atoms with Crippen LogP contribution in [0.15, 0.2) is 73.3 Å². The Morgan fingerprint density at radius 2 is 1.71 bits per heavy atom. The standard InChI is InChI=1S/C28H25ClN6OS.4ClH/c29-23-15-20(8-10-25(23)36-17-21-6-2-3-11-30-21)34-27-22-14-19(7-9-24(22)32-18-33-27)26-16-31-28(37-26)35-12-4-1-5-13-35;;;;/h2-3,6-11,14-16,18H,1,4-5,12-13,17H2,(H,32,33,34);4*1H. The van der Waals surface area contributed by atoms with Gasteiger partial charge in [-0.05, 0) is 67.3 Å². The highest BCUT2D eigenvalue weighted by Gasteiger charge is 2.16. The van der Waals surface area contributed by atoms with Crippen LogP contribution in [0.3, 0.4) is 0 Å². The molecule has 1 N–H and O–H groups in total. The monoisotopic (exact) mass is 672 g/mol. The Kier molecular flexibility index (Phi) is 13.6. The Bertz CT molecular complexity index is 1540. The minimum atomic E-state index is 0. The van der Waals surface area contributed by atoms with E-state index in [2.05, 4.69) is 37.3 Å². The van der Waals surface area contributed by atoms with Gasteiger partial charge in [0.25, 0.3) is 0 Å². The van der Waals surface area contributed by atoms with Crippen molar-refractivity contribution in [3.63, 3.8) is 0 Å². The van der Waals surface area contributed by atoms with E-state index in [-0.39, 0.29) is 49.6 Å². The molecule has 0 spiro atoms. The lowest BCUT2D eigenvalue weighted by molar-refractivity contribution is 0.301. The van der Waals surface area contributed by atoms with Crippen LogP contribution in [0.1, 0.15) is 25.0 Å². The smallest absolute Gasteiger partial charge is 0.185 e. The lowest BCUT2D eigenvalue weighted by Gasteiger charge is -2.25. The van der Waals surface area contributed by atoms with E-state index in [0.29, 0.717) is 23.2 Å². The summed E-state index contributed by atoms with van der Waals surface area (Å²) in [6, 6.07) is 17.6. The van der Waals surface area contributed by atoms with Crippen LogP contribution in [0.2, 0.25) is 5.02 Å². The van der Waals surface area contributed by atoms with Gasteiger partial charge in [-0.15, -0.1) is 49.6 Å². The minimum Gasteiger partial charge on any atom is -0.486 e. The maximum Gasteiger partial charge on any atom is 0.185 e. The fourth-order valence-electron chi connectivity index (χ4n) is 4.41. The van der Waals surface area contributed by atoms with Crippen molar-refractivity contribution in [1.29, 1.82) is 0 Å². The van der Waals surface area contributed by atoms with Gasteiger partial charge < -0.3 is 15.0 Å². The van der Waals surface area contributed by atoms with Gasteiger partial charge in [0.1, 0.15) is 24.5 Å². The number of nitrogens with one attached hydrogen (secondary N) is 1. The van der Waals surface area contributed by atoms with E-state index in [4.69, 9.17) is 21.3 Å². The minimum absolute atomic E-state index is 0. The van der Waals surface area contributed by atoms with Crippen LogP contribution in [0, 0.1) is 0 Å². The fraction of sp³-hybridized carbons (Fsp3) is 0.214. The lowest BCUT2D eigenvalue weighted by atomic mass is 10.1. The second kappa shape index (κ2) is 16.2. The molecule has 4 heterocycles. The maximum absolute atomic E-state index is 6.52. The quantitative estimate of drug-likeness (QED) is 0.185. The third-order valence-electron chi connectivity index (χ3n) is 6.34. The molecule has 7 nitrogen and oxygen atoms in total. The zero-order valence-corrected chi connectivity index (χ0v) is 26.6. The summed E-state index contributed by atoms with van der Waals surface area (Å²) in [5.41, 5.74) is 3.62. The van der Waals surface area contributed by atoms with Crippen LogP contribution in [0.25, 0.3) is 21.3 Å². The van der Waals surface area contributed by atoms with Crippen LogP contribution in [-0.4, -0.2) is 33.0 Å². The van der Waals surface area contributed by atoms with Crippen molar-refractivity contribution in [2.45, 2.75) is 25.9 Å². The van der Waals surface area contributed by atoms with Gasteiger partial charge >= 0.3 is 0 Å². The molecule has 5 aromatic rings. The number of aromatic nitrogens is 4. The number of anilines is 3. The SMILES string of the molecule is Cl.Cl.Cl.Cl.Clc1cc(Nc2ncnc3ccc(-c4cnc(N5CCCCC5)s4)cc23)ccc1OCc1ccccn1. The molecule has 0 bridgehead atoms. The Hall–Kier alpha value is -2.59. The van der Waals surface area contributed by atoms with Crippen molar-refractivity contribution < 1.29 is 4.74 Å². The lowest BCUT2D eigenvalue weighted by Crippen LogP contribution is -2.29. The molecule has 0 saturated carbocycles. The molecule has 1 fully saturated rings. The van der Waals surface area contributed by atoms with Gasteiger partial charge in [0, 0.05) is 36.6 Å². The van der Waals surface area contributed by atoms with Crippen molar-refractivity contribution >= 4 is 100 Å². The van der Waals surface area contributed by atoms with Crippen molar-refractivity contribution in [3.8, 4) is 16.2 Å². The van der Waals surface area contributed by atoms with Crippen LogP contribution in [0.5, 0.6) is 5.75 Å². The summed E-state index contributed by atoms with van der Waals surface area (Å²) >= 11 is 8.26. The summed E-state index contributed by atoms with van der Waals surface area (Å²) in [4.78, 5) is 21.5. The number of pyridine rings is 1. The highest BCUT2D eigenvalue weighted by atomic mass is 35.5. The average Bonchev–Trinajstić information content (AvgIpc) is 3.44. The number of thiazole rings is 1. The molecule has 0 atom stereocenters. The fourth-order valence-corrected chi connectivity index (χ4v) is 5.61. The summed E-state index contributed by atoms with van der Waals surface area (Å²) in [6.45, 7) is 2.52. The Balaban J connectivity index is 0.00000147. The molecule has 41 heavy (non-hydrogen) atoms. The second-order valence-electron chi connectivity index (χ2n) is 8.89. The number of nitrogens with zero attached hydrogens (tertiary/aromatic N) is 5. The highest BCUT2D eigenvalue weighted by molar-refractivity contribution is 7.18.